The molecule has 13 heteroatoms. The fourth-order valence-corrected chi connectivity index (χ4v) is 7.63. The lowest BCUT2D eigenvalue weighted by Gasteiger charge is -2.34. The zero-order chi connectivity index (χ0) is 34.4. The lowest BCUT2D eigenvalue weighted by molar-refractivity contribution is -0.134. The third-order valence-corrected chi connectivity index (χ3v) is 11.1. The number of hydrogen-bond donors (Lipinski definition) is 4. The Morgan fingerprint density at radius 1 is 1.12 bits per heavy atom. The first kappa shape index (κ1) is 34.9. The fraction of sp³-hybridized carbons (Fsp3) is 0.314. The minimum atomic E-state index is -3.79. The Labute approximate surface area is 285 Å². The molecular weight excluding hydrogens is 651 g/mol. The van der Waals surface area contributed by atoms with E-state index in [1.165, 1.54) is 6.07 Å². The van der Waals surface area contributed by atoms with E-state index in [4.69, 9.17) is 10.5 Å². The summed E-state index contributed by atoms with van der Waals surface area (Å²) < 4.78 is 35.2. The van der Waals surface area contributed by atoms with E-state index in [1.807, 2.05) is 32.2 Å². The van der Waals surface area contributed by atoms with Crippen molar-refractivity contribution >= 4 is 50.2 Å². The molecule has 48 heavy (non-hydrogen) atoms. The molecule has 0 fully saturated rings. The van der Waals surface area contributed by atoms with Crippen molar-refractivity contribution in [1.82, 2.24) is 9.80 Å². The van der Waals surface area contributed by atoms with Crippen LogP contribution >= 0.6 is 11.3 Å². The number of fused-ring (bicyclic) bond motifs is 1. The maximum Gasteiger partial charge on any atom is 0.271 e. The average molecular weight is 692 g/mol. The normalized spacial score (nSPS) is 17.4. The van der Waals surface area contributed by atoms with Crippen LogP contribution in [0.5, 0.6) is 5.75 Å². The Balaban J connectivity index is 1.32. The van der Waals surface area contributed by atoms with E-state index in [0.717, 1.165) is 16.9 Å². The summed E-state index contributed by atoms with van der Waals surface area (Å²) in [6, 6.07) is 22.2. The van der Waals surface area contributed by atoms with Gasteiger partial charge in [0.25, 0.3) is 15.9 Å². The van der Waals surface area contributed by atoms with E-state index in [2.05, 4.69) is 14.9 Å². The summed E-state index contributed by atoms with van der Waals surface area (Å²) in [4.78, 5) is 30.1. The molecule has 254 valence electrons. The van der Waals surface area contributed by atoms with Gasteiger partial charge in [-0.1, -0.05) is 37.3 Å². The van der Waals surface area contributed by atoms with Gasteiger partial charge in [-0.05, 0) is 73.4 Å². The topological polar surface area (TPSA) is 154 Å². The third kappa shape index (κ3) is 8.53. The van der Waals surface area contributed by atoms with Gasteiger partial charge >= 0.3 is 0 Å². The molecule has 2 heterocycles. The molecule has 0 bridgehead atoms. The molecular formula is C35H41N5O6S2. The van der Waals surface area contributed by atoms with E-state index in [0.29, 0.717) is 53.6 Å². The first-order valence-corrected chi connectivity index (χ1v) is 18.0. The molecule has 0 spiro atoms. The number of sulfonamides is 1. The number of benzene rings is 3. The second-order valence-electron chi connectivity index (χ2n) is 12.2. The van der Waals surface area contributed by atoms with Crippen LogP contribution in [0.25, 0.3) is 0 Å². The zero-order valence-electron chi connectivity index (χ0n) is 27.1. The number of thiophene rings is 1. The number of para-hydroxylation sites is 2. The lowest BCUT2D eigenvalue weighted by atomic mass is 10.0. The number of likely N-dealkylation sites (N-methyl/N-ethyl adjacent to an activating group) is 1. The van der Waals surface area contributed by atoms with Crippen molar-refractivity contribution in [3.05, 3.63) is 101 Å². The molecule has 0 saturated carbocycles. The number of carbonyl (C=O) groups excluding carboxylic acids is 2. The largest absolute Gasteiger partial charge is 0.488 e. The number of carbonyl (C=O) groups is 2. The monoisotopic (exact) mass is 691 g/mol. The Hall–Kier alpha value is -4.43. The molecule has 1 aromatic heterocycles. The molecule has 5 rings (SSSR count). The van der Waals surface area contributed by atoms with Gasteiger partial charge in [-0.15, -0.1) is 11.3 Å². The first-order chi connectivity index (χ1) is 22.9. The summed E-state index contributed by atoms with van der Waals surface area (Å²) in [5.41, 5.74) is 9.39. The number of aliphatic hydroxyl groups is 1. The van der Waals surface area contributed by atoms with Crippen LogP contribution in [-0.2, 0) is 27.8 Å². The van der Waals surface area contributed by atoms with Gasteiger partial charge in [0.15, 0.2) is 0 Å². The lowest BCUT2D eigenvalue weighted by Crippen LogP contribution is -2.47. The number of rotatable bonds is 11. The zero-order valence-corrected chi connectivity index (χ0v) is 28.8. The highest BCUT2D eigenvalue weighted by atomic mass is 32.2. The summed E-state index contributed by atoms with van der Waals surface area (Å²) in [6.07, 6.45) is -0.358. The Kier molecular flexibility index (Phi) is 11.0. The Bertz CT molecular complexity index is 1830. The quantitative estimate of drug-likeness (QED) is 0.166. The van der Waals surface area contributed by atoms with E-state index >= 15 is 0 Å². The van der Waals surface area contributed by atoms with Gasteiger partial charge in [-0.3, -0.25) is 19.2 Å². The van der Waals surface area contributed by atoms with Crippen molar-refractivity contribution in [1.29, 1.82) is 0 Å². The molecule has 5 N–H and O–H groups in total. The molecule has 0 aliphatic carbocycles. The van der Waals surface area contributed by atoms with Crippen molar-refractivity contribution in [3.63, 3.8) is 0 Å². The third-order valence-electron chi connectivity index (χ3n) is 8.30. The van der Waals surface area contributed by atoms with Gasteiger partial charge < -0.3 is 25.8 Å². The maximum atomic E-state index is 13.6. The standard InChI is InChI=1S/C35H41N5O6S2/c1-23-19-40(24(2)22-41)33(42)18-27-17-28(38-48(44,45)34-9-6-16-47-34)14-15-31(27)46-32(23)21-39(3)20-25-10-12-26(13-11-25)35(43)37-30-8-5-4-7-29(30)36/h4-17,23-24,32,38,41H,18-22,36H2,1-3H3,(H,37,43)/t23-,24-,32-/m1/s1. The molecule has 0 radical (unpaired) electrons. The number of ether oxygens (including phenoxy) is 1. The van der Waals surface area contributed by atoms with Gasteiger partial charge in [0.2, 0.25) is 5.91 Å². The Morgan fingerprint density at radius 2 is 1.88 bits per heavy atom. The van der Waals surface area contributed by atoms with Crippen LogP contribution in [0.4, 0.5) is 17.1 Å². The Morgan fingerprint density at radius 3 is 2.56 bits per heavy atom. The molecule has 11 nitrogen and oxygen atoms in total. The summed E-state index contributed by atoms with van der Waals surface area (Å²) >= 11 is 1.12. The van der Waals surface area contributed by atoms with Crippen LogP contribution in [0.3, 0.4) is 0 Å². The molecule has 3 aromatic carbocycles. The van der Waals surface area contributed by atoms with E-state index in [-0.39, 0.29) is 41.1 Å². The highest BCUT2D eigenvalue weighted by molar-refractivity contribution is 7.94. The second kappa shape index (κ2) is 15.2. The van der Waals surface area contributed by atoms with Gasteiger partial charge in [0.05, 0.1) is 30.4 Å². The predicted octanol–water partition coefficient (Wildman–Crippen LogP) is 4.66. The summed E-state index contributed by atoms with van der Waals surface area (Å²) in [6.45, 7) is 5.09. The second-order valence-corrected chi connectivity index (χ2v) is 15.0. The van der Waals surface area contributed by atoms with E-state index < -0.39 is 16.1 Å². The van der Waals surface area contributed by atoms with Crippen LogP contribution in [-0.4, -0.2) is 74.0 Å². The highest BCUT2D eigenvalue weighted by Crippen LogP contribution is 2.31. The molecule has 3 atom stereocenters. The van der Waals surface area contributed by atoms with Gasteiger partial charge in [-0.25, -0.2) is 8.42 Å². The number of nitrogens with one attached hydrogen (secondary N) is 2. The number of hydrogen-bond acceptors (Lipinski definition) is 9. The number of nitrogens with two attached hydrogens (primary N) is 1. The van der Waals surface area contributed by atoms with E-state index in [9.17, 15) is 23.1 Å². The number of nitrogen functional groups attached to an aromatic ring is 1. The minimum absolute atomic E-state index is 0.0136. The molecule has 4 aromatic rings. The van der Waals surface area contributed by atoms with Crippen molar-refractivity contribution < 1.29 is 27.9 Å². The van der Waals surface area contributed by atoms with Gasteiger partial charge in [0, 0.05) is 42.4 Å². The van der Waals surface area contributed by atoms with E-state index in [1.54, 1.807) is 71.8 Å². The molecule has 2 amide bonds. The first-order valence-electron chi connectivity index (χ1n) is 15.6. The number of anilines is 3. The average Bonchev–Trinajstić information content (AvgIpc) is 3.62. The molecule has 0 unspecified atom stereocenters. The predicted molar refractivity (Wildman–Crippen MR) is 189 cm³/mol. The van der Waals surface area contributed by atoms with Crippen molar-refractivity contribution in [3.8, 4) is 5.75 Å². The summed E-state index contributed by atoms with van der Waals surface area (Å²) in [5.74, 6) is -0.0389. The van der Waals surface area contributed by atoms with Gasteiger partial charge in [-0.2, -0.15) is 0 Å². The summed E-state index contributed by atoms with van der Waals surface area (Å²) in [7, 11) is -1.81. The van der Waals surface area contributed by atoms with Crippen LogP contribution in [0.2, 0.25) is 0 Å². The minimum Gasteiger partial charge on any atom is -0.488 e. The molecule has 1 aliphatic rings. The van der Waals surface area contributed by atoms with Crippen molar-refractivity contribution in [2.45, 2.75) is 43.2 Å². The van der Waals surface area contributed by atoms with Crippen LogP contribution < -0.4 is 20.5 Å². The van der Waals surface area contributed by atoms with Crippen LogP contribution in [0.1, 0.15) is 35.3 Å². The highest BCUT2D eigenvalue weighted by Gasteiger charge is 2.31. The molecule has 0 saturated heterocycles. The van der Waals surface area contributed by atoms with Gasteiger partial charge in [0.1, 0.15) is 16.1 Å². The number of nitrogens with zero attached hydrogens (tertiary/aromatic N) is 2. The summed E-state index contributed by atoms with van der Waals surface area (Å²) in [5, 5.41) is 14.5. The smallest absolute Gasteiger partial charge is 0.271 e. The van der Waals surface area contributed by atoms with Crippen molar-refractivity contribution in [2.24, 2.45) is 5.92 Å². The molecule has 1 aliphatic heterocycles. The SMILES string of the molecule is C[C@@H]1CN([C@H](C)CO)C(=O)Cc2cc(NS(=O)(=O)c3cccs3)ccc2O[C@@H]1CN(C)Cc1ccc(C(=O)Nc2ccccc2N)cc1. The van der Waals surface area contributed by atoms with Crippen LogP contribution in [0, 0.1) is 5.92 Å². The maximum absolute atomic E-state index is 13.6. The van der Waals surface area contributed by atoms with Crippen LogP contribution in [0.15, 0.2) is 88.5 Å². The number of amides is 2. The van der Waals surface area contributed by atoms with Crippen molar-refractivity contribution in [2.75, 3.05) is 42.5 Å². The fourth-order valence-electron chi connectivity index (χ4n) is 5.58. The number of aliphatic hydroxyl groups excluding tert-OH is 1.